The third-order valence-corrected chi connectivity index (χ3v) is 3.93. The van der Waals surface area contributed by atoms with Gasteiger partial charge in [0.1, 0.15) is 0 Å². The molecule has 0 saturated carbocycles. The number of imide groups is 1. The van der Waals surface area contributed by atoms with Crippen LogP contribution < -0.4 is 0 Å². The van der Waals surface area contributed by atoms with Crippen molar-refractivity contribution in [2.45, 2.75) is 19.8 Å². The van der Waals surface area contributed by atoms with Gasteiger partial charge in [-0.3, -0.25) is 19.3 Å². The van der Waals surface area contributed by atoms with Gasteiger partial charge in [-0.1, -0.05) is 30.1 Å². The average molecular weight is 314 g/mol. The van der Waals surface area contributed by atoms with Crippen LogP contribution >= 0.6 is 23.2 Å². The zero-order chi connectivity index (χ0) is 14.9. The molecule has 0 unspecified atom stereocenters. The highest BCUT2D eigenvalue weighted by atomic mass is 35.5. The summed E-state index contributed by atoms with van der Waals surface area (Å²) in [6, 6.07) is 4.48. The Morgan fingerprint density at radius 2 is 1.80 bits per heavy atom. The fourth-order valence-electron chi connectivity index (χ4n) is 2.11. The summed E-state index contributed by atoms with van der Waals surface area (Å²) in [7, 11) is 0. The van der Waals surface area contributed by atoms with Crippen LogP contribution in [0.25, 0.3) is 0 Å². The van der Waals surface area contributed by atoms with E-state index in [4.69, 9.17) is 23.2 Å². The monoisotopic (exact) mass is 313 g/mol. The van der Waals surface area contributed by atoms with Gasteiger partial charge < -0.3 is 0 Å². The normalized spacial score (nSPS) is 16.6. The minimum atomic E-state index is -0.334. The van der Waals surface area contributed by atoms with E-state index in [2.05, 4.69) is 0 Å². The highest BCUT2D eigenvalue weighted by Gasteiger charge is 2.31. The minimum absolute atomic E-state index is 0.0336. The summed E-state index contributed by atoms with van der Waals surface area (Å²) in [6.45, 7) is 1.59. The van der Waals surface area contributed by atoms with Gasteiger partial charge in [-0.15, -0.1) is 0 Å². The van der Waals surface area contributed by atoms with Gasteiger partial charge in [-0.2, -0.15) is 0 Å². The molecule has 1 saturated heterocycles. The van der Waals surface area contributed by atoms with Gasteiger partial charge in [0.05, 0.1) is 16.6 Å². The number of rotatable bonds is 3. The van der Waals surface area contributed by atoms with Gasteiger partial charge in [0.2, 0.25) is 11.8 Å². The molecule has 2 rings (SSSR count). The predicted octanol–water partition coefficient (Wildman–Crippen LogP) is 2.96. The first-order valence-corrected chi connectivity index (χ1v) is 6.95. The third-order valence-electron chi connectivity index (χ3n) is 3.19. The van der Waals surface area contributed by atoms with Crippen LogP contribution in [0.3, 0.4) is 0 Å². The minimum Gasteiger partial charge on any atom is -0.292 e. The number of piperidine rings is 1. The molecule has 20 heavy (non-hydrogen) atoms. The van der Waals surface area contributed by atoms with E-state index < -0.39 is 0 Å². The lowest BCUT2D eigenvalue weighted by atomic mass is 9.97. The van der Waals surface area contributed by atoms with Crippen molar-refractivity contribution >= 4 is 40.8 Å². The first-order valence-electron chi connectivity index (χ1n) is 6.20. The molecular formula is C14H13Cl2NO3. The molecule has 0 spiro atoms. The number of hydrogen-bond donors (Lipinski definition) is 0. The number of likely N-dealkylation sites (tertiary alicyclic amines) is 1. The van der Waals surface area contributed by atoms with Gasteiger partial charge in [0, 0.05) is 18.4 Å². The number of halogens is 2. The zero-order valence-corrected chi connectivity index (χ0v) is 12.4. The zero-order valence-electron chi connectivity index (χ0n) is 10.9. The molecule has 0 bridgehead atoms. The molecule has 1 aliphatic heterocycles. The van der Waals surface area contributed by atoms with E-state index in [1.54, 1.807) is 0 Å². The van der Waals surface area contributed by atoms with E-state index >= 15 is 0 Å². The number of carbonyl (C=O) groups is 3. The van der Waals surface area contributed by atoms with Gasteiger partial charge in [-0.05, 0) is 24.1 Å². The van der Waals surface area contributed by atoms with Crippen LogP contribution in [-0.2, 0) is 9.59 Å². The number of carbonyl (C=O) groups excluding carboxylic acids is 3. The molecule has 1 aromatic rings. The van der Waals surface area contributed by atoms with Crippen molar-refractivity contribution in [3.05, 3.63) is 33.8 Å². The Labute approximate surface area is 126 Å². The lowest BCUT2D eigenvalue weighted by Gasteiger charge is -2.27. The van der Waals surface area contributed by atoms with Crippen molar-refractivity contribution in [3.8, 4) is 0 Å². The lowest BCUT2D eigenvalue weighted by Crippen LogP contribution is -2.45. The fraction of sp³-hybridized carbons (Fsp3) is 0.357. The van der Waals surface area contributed by atoms with Gasteiger partial charge in [-0.25, -0.2) is 0 Å². The van der Waals surface area contributed by atoms with Crippen LogP contribution in [0.2, 0.25) is 10.0 Å². The largest absolute Gasteiger partial charge is 0.292 e. The molecular weight excluding hydrogens is 301 g/mol. The van der Waals surface area contributed by atoms with Gasteiger partial charge in [0.25, 0.3) is 0 Å². The molecule has 0 N–H and O–H groups in total. The summed E-state index contributed by atoms with van der Waals surface area (Å²) >= 11 is 11.6. The molecule has 0 aromatic heterocycles. The quantitative estimate of drug-likeness (QED) is 0.637. The second-order valence-corrected chi connectivity index (χ2v) is 5.75. The molecule has 6 heteroatoms. The van der Waals surface area contributed by atoms with E-state index in [9.17, 15) is 14.4 Å². The molecule has 106 valence electrons. The fourth-order valence-corrected chi connectivity index (χ4v) is 2.41. The first-order chi connectivity index (χ1) is 9.38. The molecule has 0 atom stereocenters. The Bertz CT molecular complexity index is 568. The van der Waals surface area contributed by atoms with Gasteiger partial charge in [0.15, 0.2) is 5.78 Å². The number of nitrogens with zero attached hydrogens (tertiary/aromatic N) is 1. The maximum atomic E-state index is 12.1. The molecule has 1 aliphatic rings. The Hall–Kier alpha value is -1.39. The Morgan fingerprint density at radius 1 is 1.20 bits per heavy atom. The number of amides is 2. The third kappa shape index (κ3) is 3.19. The van der Waals surface area contributed by atoms with Crippen LogP contribution in [0.5, 0.6) is 0 Å². The summed E-state index contributed by atoms with van der Waals surface area (Å²) in [5, 5.41) is 0.615. The number of Topliss-reactive ketones (excluding diaryl/α,β-unsaturated/α-hetero) is 1. The molecule has 4 nitrogen and oxygen atoms in total. The maximum Gasteiger partial charge on any atom is 0.229 e. The van der Waals surface area contributed by atoms with Crippen molar-refractivity contribution in [2.24, 2.45) is 5.92 Å². The van der Waals surface area contributed by atoms with Crippen molar-refractivity contribution < 1.29 is 14.4 Å². The Morgan fingerprint density at radius 3 is 2.35 bits per heavy atom. The summed E-state index contributed by atoms with van der Waals surface area (Å²) in [5.74, 6) is -0.907. The van der Waals surface area contributed by atoms with E-state index in [1.165, 1.54) is 18.2 Å². The van der Waals surface area contributed by atoms with Crippen LogP contribution in [0.15, 0.2) is 18.2 Å². The highest BCUT2D eigenvalue weighted by molar-refractivity contribution is 6.42. The van der Waals surface area contributed by atoms with Crippen molar-refractivity contribution in [3.63, 3.8) is 0 Å². The van der Waals surface area contributed by atoms with Crippen LogP contribution in [-0.4, -0.2) is 29.0 Å². The molecule has 1 fully saturated rings. The number of ketones is 1. The second-order valence-electron chi connectivity index (χ2n) is 4.94. The van der Waals surface area contributed by atoms with Crippen LogP contribution in [0.4, 0.5) is 0 Å². The van der Waals surface area contributed by atoms with Crippen molar-refractivity contribution in [1.82, 2.24) is 4.90 Å². The smallest absolute Gasteiger partial charge is 0.229 e. The SMILES string of the molecule is CC1CC(=O)N(CC(=O)c2ccc(Cl)c(Cl)c2)C(=O)C1. The van der Waals surface area contributed by atoms with E-state index in [1.807, 2.05) is 6.92 Å². The number of benzene rings is 1. The van der Waals surface area contributed by atoms with E-state index in [0.29, 0.717) is 23.4 Å². The lowest BCUT2D eigenvalue weighted by molar-refractivity contribution is -0.149. The molecule has 1 heterocycles. The standard InChI is InChI=1S/C14H13Cl2NO3/c1-8-4-13(19)17(14(20)5-8)7-12(18)9-2-3-10(15)11(16)6-9/h2-3,6,8H,4-5,7H2,1H3. The first kappa shape index (κ1) is 15.0. The Balaban J connectivity index is 2.13. The maximum absolute atomic E-state index is 12.1. The summed E-state index contributed by atoms with van der Waals surface area (Å²) in [6.07, 6.45) is 0.584. The van der Waals surface area contributed by atoms with Crippen molar-refractivity contribution in [1.29, 1.82) is 0 Å². The summed E-state index contributed by atoms with van der Waals surface area (Å²) < 4.78 is 0. The highest BCUT2D eigenvalue weighted by Crippen LogP contribution is 2.24. The average Bonchev–Trinajstić information content (AvgIpc) is 2.36. The van der Waals surface area contributed by atoms with E-state index in [-0.39, 0.29) is 35.1 Å². The summed E-state index contributed by atoms with van der Waals surface area (Å²) in [4.78, 5) is 36.7. The molecule has 2 amide bonds. The van der Waals surface area contributed by atoms with Crippen LogP contribution in [0.1, 0.15) is 30.1 Å². The molecule has 0 radical (unpaired) electrons. The van der Waals surface area contributed by atoms with E-state index in [0.717, 1.165) is 4.90 Å². The summed E-state index contributed by atoms with van der Waals surface area (Å²) in [5.41, 5.74) is 0.332. The topological polar surface area (TPSA) is 54.5 Å². The second kappa shape index (κ2) is 5.94. The number of hydrogen-bond acceptors (Lipinski definition) is 3. The van der Waals surface area contributed by atoms with Crippen LogP contribution in [0, 0.1) is 5.92 Å². The Kier molecular flexibility index (Phi) is 4.45. The predicted molar refractivity (Wildman–Crippen MR) is 75.9 cm³/mol. The molecule has 0 aliphatic carbocycles. The van der Waals surface area contributed by atoms with Gasteiger partial charge >= 0.3 is 0 Å². The van der Waals surface area contributed by atoms with Crippen molar-refractivity contribution in [2.75, 3.05) is 6.54 Å². The molecule has 1 aromatic carbocycles.